The first kappa shape index (κ1) is 17.8. The van der Waals surface area contributed by atoms with Crippen molar-refractivity contribution in [1.82, 2.24) is 20.4 Å². The second-order valence-corrected chi connectivity index (χ2v) is 6.84. The van der Waals surface area contributed by atoms with Gasteiger partial charge in [0.2, 0.25) is 0 Å². The average molecular weight is 318 g/mol. The molecule has 2 N–H and O–H groups in total. The number of amides is 2. The van der Waals surface area contributed by atoms with Crippen LogP contribution in [0.3, 0.4) is 0 Å². The number of nitrogens with zero attached hydrogens (tertiary/aromatic N) is 2. The van der Waals surface area contributed by atoms with Crippen molar-refractivity contribution in [3.05, 3.63) is 34.4 Å². The number of likely N-dealkylation sites (N-methyl/N-ethyl adjacent to an activating group) is 2. The fraction of sp³-hybridized carbons (Fsp3) is 0.611. The van der Waals surface area contributed by atoms with Crippen LogP contribution < -0.4 is 10.6 Å². The summed E-state index contributed by atoms with van der Waals surface area (Å²) in [6.07, 6.45) is 0. The Hall–Kier alpha value is -1.59. The SMILES string of the molecule is Cc1cc(C)c(CNC(=O)NC[C@H]2CN(C)CCN2C)c(C)c1. The summed E-state index contributed by atoms with van der Waals surface area (Å²) in [5, 5.41) is 5.99. The number of urea groups is 1. The monoisotopic (exact) mass is 318 g/mol. The molecule has 2 amide bonds. The normalized spacial score (nSPS) is 19.6. The van der Waals surface area contributed by atoms with Crippen molar-refractivity contribution in [2.24, 2.45) is 0 Å². The highest BCUT2D eigenvalue weighted by Gasteiger charge is 2.22. The zero-order chi connectivity index (χ0) is 17.0. The van der Waals surface area contributed by atoms with Gasteiger partial charge in [0.25, 0.3) is 0 Å². The molecule has 0 radical (unpaired) electrons. The van der Waals surface area contributed by atoms with Gasteiger partial charge in [-0.15, -0.1) is 0 Å². The van der Waals surface area contributed by atoms with Crippen LogP contribution in [-0.2, 0) is 6.54 Å². The zero-order valence-electron chi connectivity index (χ0n) is 15.1. The third kappa shape index (κ3) is 4.94. The van der Waals surface area contributed by atoms with Gasteiger partial charge in [-0.1, -0.05) is 17.7 Å². The molecule has 0 saturated carbocycles. The Morgan fingerprint density at radius 1 is 1.13 bits per heavy atom. The maximum atomic E-state index is 12.1. The number of hydrogen-bond donors (Lipinski definition) is 2. The number of aryl methyl sites for hydroxylation is 3. The minimum atomic E-state index is -0.0917. The van der Waals surface area contributed by atoms with Crippen LogP contribution in [0, 0.1) is 20.8 Å². The summed E-state index contributed by atoms with van der Waals surface area (Å²) >= 11 is 0. The van der Waals surface area contributed by atoms with Crippen LogP contribution in [0.25, 0.3) is 0 Å². The third-order valence-electron chi connectivity index (χ3n) is 4.74. The minimum Gasteiger partial charge on any atom is -0.337 e. The van der Waals surface area contributed by atoms with E-state index in [-0.39, 0.29) is 6.03 Å². The van der Waals surface area contributed by atoms with E-state index in [4.69, 9.17) is 0 Å². The van der Waals surface area contributed by atoms with E-state index in [1.54, 1.807) is 0 Å². The van der Waals surface area contributed by atoms with E-state index in [0.717, 1.165) is 19.6 Å². The maximum Gasteiger partial charge on any atom is 0.315 e. The fourth-order valence-electron chi connectivity index (χ4n) is 3.25. The van der Waals surface area contributed by atoms with Crippen molar-refractivity contribution in [2.45, 2.75) is 33.4 Å². The Morgan fingerprint density at radius 3 is 2.43 bits per heavy atom. The smallest absolute Gasteiger partial charge is 0.315 e. The molecule has 1 aromatic carbocycles. The minimum absolute atomic E-state index is 0.0917. The molecule has 1 heterocycles. The van der Waals surface area contributed by atoms with Gasteiger partial charge < -0.3 is 15.5 Å². The second kappa shape index (κ2) is 7.79. The number of carbonyl (C=O) groups is 1. The van der Waals surface area contributed by atoms with Gasteiger partial charge in [0.05, 0.1) is 0 Å². The van der Waals surface area contributed by atoms with Gasteiger partial charge in [-0.05, 0) is 51.6 Å². The summed E-state index contributed by atoms with van der Waals surface area (Å²) in [6.45, 7) is 10.7. The highest BCUT2D eigenvalue weighted by atomic mass is 16.2. The maximum absolute atomic E-state index is 12.1. The lowest BCUT2D eigenvalue weighted by Gasteiger charge is -2.37. The number of nitrogens with one attached hydrogen (secondary N) is 2. The molecule has 5 nitrogen and oxygen atoms in total. The molecule has 2 rings (SSSR count). The molecule has 1 fully saturated rings. The topological polar surface area (TPSA) is 47.6 Å². The fourth-order valence-corrected chi connectivity index (χ4v) is 3.25. The molecule has 1 atom stereocenters. The van der Waals surface area contributed by atoms with Crippen LogP contribution in [0.2, 0.25) is 0 Å². The predicted octanol–water partition coefficient (Wildman–Crippen LogP) is 1.66. The highest BCUT2D eigenvalue weighted by molar-refractivity contribution is 5.74. The van der Waals surface area contributed by atoms with Crippen LogP contribution in [-0.4, -0.2) is 62.1 Å². The van der Waals surface area contributed by atoms with Crippen LogP contribution in [0.15, 0.2) is 12.1 Å². The molecule has 5 heteroatoms. The van der Waals surface area contributed by atoms with Crippen LogP contribution >= 0.6 is 0 Å². The van der Waals surface area contributed by atoms with E-state index in [1.807, 2.05) is 0 Å². The van der Waals surface area contributed by atoms with Gasteiger partial charge in [-0.2, -0.15) is 0 Å². The average Bonchev–Trinajstić information content (AvgIpc) is 2.47. The quantitative estimate of drug-likeness (QED) is 0.887. The first-order valence-electron chi connectivity index (χ1n) is 8.34. The Morgan fingerprint density at radius 2 is 1.78 bits per heavy atom. The molecule has 23 heavy (non-hydrogen) atoms. The predicted molar refractivity (Wildman–Crippen MR) is 94.8 cm³/mol. The molecule has 1 aliphatic rings. The van der Waals surface area contributed by atoms with Gasteiger partial charge in [-0.3, -0.25) is 4.90 Å². The summed E-state index contributed by atoms with van der Waals surface area (Å²) in [5.41, 5.74) is 4.94. The Labute approximate surface area is 140 Å². The number of rotatable bonds is 4. The van der Waals surface area contributed by atoms with Crippen molar-refractivity contribution in [1.29, 1.82) is 0 Å². The summed E-state index contributed by atoms with van der Waals surface area (Å²) in [7, 11) is 4.25. The van der Waals surface area contributed by atoms with E-state index in [1.165, 1.54) is 22.3 Å². The van der Waals surface area contributed by atoms with Crippen LogP contribution in [0.1, 0.15) is 22.3 Å². The highest BCUT2D eigenvalue weighted by Crippen LogP contribution is 2.15. The summed E-state index contributed by atoms with van der Waals surface area (Å²) in [6, 6.07) is 4.61. The van der Waals surface area contributed by atoms with Gasteiger partial charge in [0.1, 0.15) is 0 Å². The van der Waals surface area contributed by atoms with Gasteiger partial charge in [-0.25, -0.2) is 4.79 Å². The largest absolute Gasteiger partial charge is 0.337 e. The summed E-state index contributed by atoms with van der Waals surface area (Å²) in [4.78, 5) is 16.7. The molecule has 128 valence electrons. The molecule has 1 aromatic rings. The number of hydrogen-bond acceptors (Lipinski definition) is 3. The molecular weight excluding hydrogens is 288 g/mol. The third-order valence-corrected chi connectivity index (χ3v) is 4.74. The standard InChI is InChI=1S/C18H30N4O/c1-13-8-14(2)17(15(3)9-13)11-20-18(23)19-10-16-12-21(4)6-7-22(16)5/h8-9,16H,6-7,10-12H2,1-5H3,(H2,19,20,23)/t16-/m0/s1. The number of benzene rings is 1. The van der Waals surface area contributed by atoms with Gasteiger partial charge in [0.15, 0.2) is 0 Å². The lowest BCUT2D eigenvalue weighted by molar-refractivity contribution is 0.114. The molecule has 0 unspecified atom stereocenters. The first-order chi connectivity index (χ1) is 10.9. The van der Waals surface area contributed by atoms with E-state index < -0.39 is 0 Å². The molecular formula is C18H30N4O. The van der Waals surface area contributed by atoms with E-state index in [2.05, 4.69) is 67.4 Å². The van der Waals surface area contributed by atoms with Crippen molar-refractivity contribution < 1.29 is 4.79 Å². The van der Waals surface area contributed by atoms with Crippen molar-refractivity contribution in [3.8, 4) is 0 Å². The molecule has 0 bridgehead atoms. The van der Waals surface area contributed by atoms with E-state index in [9.17, 15) is 4.79 Å². The van der Waals surface area contributed by atoms with Gasteiger partial charge >= 0.3 is 6.03 Å². The van der Waals surface area contributed by atoms with E-state index in [0.29, 0.717) is 19.1 Å². The zero-order valence-corrected chi connectivity index (χ0v) is 15.1. The molecule has 0 spiro atoms. The lowest BCUT2D eigenvalue weighted by atomic mass is 10.00. The first-order valence-corrected chi connectivity index (χ1v) is 8.34. The Kier molecular flexibility index (Phi) is 6.02. The number of carbonyl (C=O) groups excluding carboxylic acids is 1. The van der Waals surface area contributed by atoms with Crippen LogP contribution in [0.5, 0.6) is 0 Å². The molecule has 0 aliphatic carbocycles. The number of piperazine rings is 1. The van der Waals surface area contributed by atoms with Gasteiger partial charge in [0, 0.05) is 38.8 Å². The Balaban J connectivity index is 1.81. The van der Waals surface area contributed by atoms with Crippen molar-refractivity contribution in [2.75, 3.05) is 40.3 Å². The lowest BCUT2D eigenvalue weighted by Crippen LogP contribution is -2.55. The van der Waals surface area contributed by atoms with Crippen molar-refractivity contribution >= 4 is 6.03 Å². The van der Waals surface area contributed by atoms with Crippen molar-refractivity contribution in [3.63, 3.8) is 0 Å². The molecule has 0 aromatic heterocycles. The summed E-state index contributed by atoms with van der Waals surface area (Å²) < 4.78 is 0. The summed E-state index contributed by atoms with van der Waals surface area (Å²) in [5.74, 6) is 0. The van der Waals surface area contributed by atoms with Crippen LogP contribution in [0.4, 0.5) is 4.79 Å². The Bertz CT molecular complexity index is 535. The molecule has 1 aliphatic heterocycles. The molecule has 1 saturated heterocycles. The van der Waals surface area contributed by atoms with E-state index >= 15 is 0 Å². The second-order valence-electron chi connectivity index (χ2n) is 6.84.